The summed E-state index contributed by atoms with van der Waals surface area (Å²) >= 11 is 0. The molecule has 0 radical (unpaired) electrons. The molecule has 2 bridgehead atoms. The molecular formula is C10H16F2N2. The van der Waals surface area contributed by atoms with E-state index in [1.807, 2.05) is 4.90 Å². The van der Waals surface area contributed by atoms with Crippen LogP contribution in [0.5, 0.6) is 0 Å². The highest BCUT2D eigenvalue weighted by atomic mass is 19.3. The largest absolute Gasteiger partial charge is 0.313 e. The summed E-state index contributed by atoms with van der Waals surface area (Å²) < 4.78 is 25.8. The average molecular weight is 202 g/mol. The van der Waals surface area contributed by atoms with Gasteiger partial charge in [-0.25, -0.2) is 8.78 Å². The van der Waals surface area contributed by atoms with E-state index in [2.05, 4.69) is 5.32 Å². The Labute approximate surface area is 82.6 Å². The van der Waals surface area contributed by atoms with E-state index >= 15 is 0 Å². The molecule has 3 atom stereocenters. The zero-order valence-electron chi connectivity index (χ0n) is 8.18. The zero-order valence-corrected chi connectivity index (χ0v) is 8.18. The van der Waals surface area contributed by atoms with Gasteiger partial charge >= 0.3 is 0 Å². The highest BCUT2D eigenvalue weighted by Gasteiger charge is 2.48. The third-order valence-electron chi connectivity index (χ3n) is 4.04. The normalized spacial score (nSPS) is 45.4. The van der Waals surface area contributed by atoms with Crippen molar-refractivity contribution in [3.05, 3.63) is 0 Å². The van der Waals surface area contributed by atoms with Crippen molar-refractivity contribution in [2.75, 3.05) is 26.2 Å². The molecule has 3 aliphatic heterocycles. The summed E-state index contributed by atoms with van der Waals surface area (Å²) in [5, 5.41) is 3.42. The van der Waals surface area contributed by atoms with Gasteiger partial charge in [-0.1, -0.05) is 0 Å². The summed E-state index contributed by atoms with van der Waals surface area (Å²) in [5.41, 5.74) is 0. The fourth-order valence-corrected chi connectivity index (χ4v) is 3.12. The number of likely N-dealkylation sites (tertiary alicyclic amines) is 1. The molecule has 2 nitrogen and oxygen atoms in total. The van der Waals surface area contributed by atoms with Crippen LogP contribution in [0.3, 0.4) is 0 Å². The summed E-state index contributed by atoms with van der Waals surface area (Å²) in [5.74, 6) is -0.992. The first-order valence-electron chi connectivity index (χ1n) is 5.48. The van der Waals surface area contributed by atoms with Gasteiger partial charge in [0.1, 0.15) is 0 Å². The van der Waals surface area contributed by atoms with Crippen LogP contribution in [0.25, 0.3) is 0 Å². The molecule has 80 valence electrons. The number of nitrogens with one attached hydrogen (secondary N) is 1. The highest BCUT2D eigenvalue weighted by Crippen LogP contribution is 2.41. The predicted octanol–water partition coefficient (Wildman–Crippen LogP) is 0.935. The van der Waals surface area contributed by atoms with E-state index in [1.165, 1.54) is 6.42 Å². The fourth-order valence-electron chi connectivity index (χ4n) is 3.12. The summed E-state index contributed by atoms with van der Waals surface area (Å²) in [6, 6.07) is 0.634. The zero-order chi connectivity index (χ0) is 9.76. The Morgan fingerprint density at radius 3 is 2.79 bits per heavy atom. The van der Waals surface area contributed by atoms with Crippen molar-refractivity contribution in [2.24, 2.45) is 11.8 Å². The summed E-state index contributed by atoms with van der Waals surface area (Å²) in [7, 11) is 0. The first-order valence-corrected chi connectivity index (χ1v) is 5.48. The van der Waals surface area contributed by atoms with Crippen LogP contribution in [-0.2, 0) is 0 Å². The van der Waals surface area contributed by atoms with Crippen molar-refractivity contribution in [1.82, 2.24) is 10.2 Å². The van der Waals surface area contributed by atoms with Crippen LogP contribution in [0.2, 0.25) is 0 Å². The average Bonchev–Trinajstić information content (AvgIpc) is 2.74. The van der Waals surface area contributed by atoms with Crippen molar-refractivity contribution in [3.8, 4) is 0 Å². The summed E-state index contributed by atoms with van der Waals surface area (Å²) in [4.78, 5) is 1.94. The first kappa shape index (κ1) is 9.04. The van der Waals surface area contributed by atoms with Crippen LogP contribution < -0.4 is 5.32 Å². The second-order valence-corrected chi connectivity index (χ2v) is 5.02. The van der Waals surface area contributed by atoms with Crippen molar-refractivity contribution >= 4 is 0 Å². The maximum absolute atomic E-state index is 12.9. The third-order valence-corrected chi connectivity index (χ3v) is 4.04. The van der Waals surface area contributed by atoms with Crippen LogP contribution in [0.4, 0.5) is 8.78 Å². The second kappa shape index (κ2) is 2.89. The SMILES string of the molecule is FC1(F)CCN(CC2C3CNC2C3)C1. The lowest BCUT2D eigenvalue weighted by atomic mass is 9.74. The van der Waals surface area contributed by atoms with E-state index in [0.29, 0.717) is 18.5 Å². The number of hydrogen-bond acceptors (Lipinski definition) is 2. The number of rotatable bonds is 2. The minimum absolute atomic E-state index is 0.0110. The van der Waals surface area contributed by atoms with E-state index in [9.17, 15) is 8.78 Å². The Balaban J connectivity index is 1.54. The summed E-state index contributed by atoms with van der Waals surface area (Å²) in [6.07, 6.45) is 1.33. The molecule has 0 aromatic carbocycles. The van der Waals surface area contributed by atoms with E-state index in [-0.39, 0.29) is 13.0 Å². The van der Waals surface area contributed by atoms with E-state index < -0.39 is 5.92 Å². The molecule has 4 rings (SSSR count). The molecule has 4 fully saturated rings. The van der Waals surface area contributed by atoms with Gasteiger partial charge in [0, 0.05) is 25.6 Å². The van der Waals surface area contributed by atoms with Gasteiger partial charge in [-0.2, -0.15) is 0 Å². The van der Waals surface area contributed by atoms with Crippen molar-refractivity contribution in [2.45, 2.75) is 24.8 Å². The Kier molecular flexibility index (Phi) is 1.86. The Bertz CT molecular complexity index is 230. The lowest BCUT2D eigenvalue weighted by Gasteiger charge is -2.37. The van der Waals surface area contributed by atoms with Crippen LogP contribution in [0.15, 0.2) is 0 Å². The molecule has 4 heteroatoms. The molecule has 0 amide bonds. The molecule has 3 saturated heterocycles. The van der Waals surface area contributed by atoms with E-state index in [4.69, 9.17) is 0 Å². The molecule has 1 aliphatic carbocycles. The second-order valence-electron chi connectivity index (χ2n) is 5.02. The molecule has 3 heterocycles. The van der Waals surface area contributed by atoms with Crippen LogP contribution in [0, 0.1) is 11.8 Å². The number of nitrogens with zero attached hydrogens (tertiary/aromatic N) is 1. The van der Waals surface area contributed by atoms with Gasteiger partial charge in [-0.15, -0.1) is 0 Å². The number of alkyl halides is 2. The monoisotopic (exact) mass is 202 g/mol. The quantitative estimate of drug-likeness (QED) is 0.716. The predicted molar refractivity (Wildman–Crippen MR) is 49.4 cm³/mol. The maximum Gasteiger partial charge on any atom is 0.261 e. The maximum atomic E-state index is 12.9. The van der Waals surface area contributed by atoms with E-state index in [0.717, 1.165) is 19.0 Å². The summed E-state index contributed by atoms with van der Waals surface area (Å²) in [6.45, 7) is 2.57. The minimum Gasteiger partial charge on any atom is -0.313 e. The van der Waals surface area contributed by atoms with Crippen molar-refractivity contribution < 1.29 is 8.78 Å². The molecule has 3 unspecified atom stereocenters. The minimum atomic E-state index is -2.42. The van der Waals surface area contributed by atoms with Gasteiger partial charge in [0.05, 0.1) is 6.54 Å². The molecule has 1 N–H and O–H groups in total. The van der Waals surface area contributed by atoms with Crippen LogP contribution in [0.1, 0.15) is 12.8 Å². The molecular weight excluding hydrogens is 186 g/mol. The fraction of sp³-hybridized carbons (Fsp3) is 1.00. The molecule has 4 aliphatic rings. The van der Waals surface area contributed by atoms with Gasteiger partial charge < -0.3 is 5.32 Å². The van der Waals surface area contributed by atoms with Crippen LogP contribution in [-0.4, -0.2) is 43.0 Å². The number of halogens is 2. The van der Waals surface area contributed by atoms with Gasteiger partial charge in [-0.3, -0.25) is 4.90 Å². The lowest BCUT2D eigenvalue weighted by Crippen LogP contribution is -2.44. The van der Waals surface area contributed by atoms with Gasteiger partial charge in [0.25, 0.3) is 5.92 Å². The molecule has 1 saturated carbocycles. The molecule has 0 aromatic heterocycles. The number of hydrogen-bond donors (Lipinski definition) is 1. The Morgan fingerprint density at radius 1 is 1.43 bits per heavy atom. The molecule has 0 aromatic rings. The van der Waals surface area contributed by atoms with Crippen molar-refractivity contribution in [3.63, 3.8) is 0 Å². The highest BCUT2D eigenvalue weighted by molar-refractivity contribution is 5.03. The smallest absolute Gasteiger partial charge is 0.261 e. The molecule has 14 heavy (non-hydrogen) atoms. The first-order chi connectivity index (χ1) is 6.64. The standard InChI is InChI=1S/C10H16F2N2/c11-10(12)1-2-14(6-10)5-8-7-3-9(8)13-4-7/h7-9,13H,1-6H2. The van der Waals surface area contributed by atoms with Gasteiger partial charge in [0.2, 0.25) is 0 Å². The van der Waals surface area contributed by atoms with Crippen LogP contribution >= 0.6 is 0 Å². The number of fused-ring (bicyclic) bond motifs is 1. The van der Waals surface area contributed by atoms with Gasteiger partial charge in [0.15, 0.2) is 0 Å². The third kappa shape index (κ3) is 1.36. The van der Waals surface area contributed by atoms with Gasteiger partial charge in [-0.05, 0) is 24.8 Å². The Morgan fingerprint density at radius 2 is 2.29 bits per heavy atom. The molecule has 0 spiro atoms. The van der Waals surface area contributed by atoms with E-state index in [1.54, 1.807) is 0 Å². The van der Waals surface area contributed by atoms with Crippen molar-refractivity contribution in [1.29, 1.82) is 0 Å². The lowest BCUT2D eigenvalue weighted by molar-refractivity contribution is 0.00784. The Hall–Kier alpha value is -0.220. The topological polar surface area (TPSA) is 15.3 Å².